The van der Waals surface area contributed by atoms with Gasteiger partial charge in [-0.15, -0.1) is 0 Å². The van der Waals surface area contributed by atoms with Gasteiger partial charge in [0.15, 0.2) is 6.10 Å². The van der Waals surface area contributed by atoms with E-state index in [2.05, 4.69) is 5.32 Å². The normalized spacial score (nSPS) is 11.5. The number of nitrogens with one attached hydrogen (secondary N) is 1. The molecular weight excluding hydrogens is 304 g/mol. The Hall–Kier alpha value is -2.82. The summed E-state index contributed by atoms with van der Waals surface area (Å²) in [7, 11) is 3.84. The van der Waals surface area contributed by atoms with Crippen LogP contribution in [0.4, 0.5) is 11.4 Å². The maximum absolute atomic E-state index is 12.1. The first-order chi connectivity index (χ1) is 11.4. The average Bonchev–Trinajstić information content (AvgIpc) is 2.56. The highest BCUT2D eigenvalue weighted by molar-refractivity contribution is 5.97. The van der Waals surface area contributed by atoms with E-state index in [1.165, 1.54) is 0 Å². The molecule has 0 fully saturated rings. The summed E-state index contributed by atoms with van der Waals surface area (Å²) in [5.41, 5.74) is 3.17. The Morgan fingerprint density at radius 3 is 2.12 bits per heavy atom. The Balaban J connectivity index is 1.94. The van der Waals surface area contributed by atoms with Gasteiger partial charge in [0.05, 0.1) is 5.56 Å². The molecule has 1 unspecified atom stereocenters. The molecule has 2 aromatic carbocycles. The van der Waals surface area contributed by atoms with E-state index in [0.717, 1.165) is 11.3 Å². The largest absolute Gasteiger partial charge is 0.449 e. The number of hydrogen-bond acceptors (Lipinski definition) is 4. The van der Waals surface area contributed by atoms with Gasteiger partial charge in [-0.05, 0) is 50.2 Å². The summed E-state index contributed by atoms with van der Waals surface area (Å²) >= 11 is 0. The third-order valence-electron chi connectivity index (χ3n) is 3.59. The molecule has 0 saturated heterocycles. The van der Waals surface area contributed by atoms with E-state index in [1.54, 1.807) is 19.1 Å². The zero-order chi connectivity index (χ0) is 17.7. The number of esters is 1. The van der Waals surface area contributed by atoms with Crippen LogP contribution < -0.4 is 10.2 Å². The molecule has 0 saturated carbocycles. The molecule has 1 atom stereocenters. The molecule has 0 aliphatic carbocycles. The van der Waals surface area contributed by atoms with Crippen molar-refractivity contribution in [1.29, 1.82) is 0 Å². The summed E-state index contributed by atoms with van der Waals surface area (Å²) in [6, 6.07) is 14.4. The van der Waals surface area contributed by atoms with E-state index in [1.807, 2.05) is 62.3 Å². The van der Waals surface area contributed by atoms with Crippen molar-refractivity contribution < 1.29 is 14.3 Å². The zero-order valence-electron chi connectivity index (χ0n) is 14.4. The summed E-state index contributed by atoms with van der Waals surface area (Å²) in [5.74, 6) is -0.885. The molecule has 0 radical (unpaired) electrons. The molecule has 0 aliphatic heterocycles. The fourth-order valence-corrected chi connectivity index (χ4v) is 2.06. The number of amides is 1. The standard InChI is InChI=1S/C19H22N2O3/c1-13-5-9-16(10-6-13)20-18(22)14(2)24-19(23)15-7-11-17(12-8-15)21(3)4/h5-12,14H,1-4H3,(H,20,22). The van der Waals surface area contributed by atoms with Crippen LogP contribution in [0.3, 0.4) is 0 Å². The molecule has 1 N–H and O–H groups in total. The summed E-state index contributed by atoms with van der Waals surface area (Å²) in [6.45, 7) is 3.52. The average molecular weight is 326 g/mol. The van der Waals surface area contributed by atoms with Crippen molar-refractivity contribution in [1.82, 2.24) is 0 Å². The number of nitrogens with zero attached hydrogens (tertiary/aromatic N) is 1. The van der Waals surface area contributed by atoms with Crippen LogP contribution >= 0.6 is 0 Å². The van der Waals surface area contributed by atoms with Crippen LogP contribution in [0.15, 0.2) is 48.5 Å². The van der Waals surface area contributed by atoms with Gasteiger partial charge in [-0.2, -0.15) is 0 Å². The number of aryl methyl sites for hydroxylation is 1. The molecule has 0 aromatic heterocycles. The van der Waals surface area contributed by atoms with Crippen molar-refractivity contribution >= 4 is 23.3 Å². The highest BCUT2D eigenvalue weighted by atomic mass is 16.5. The maximum atomic E-state index is 12.1. The molecule has 0 aliphatic rings. The number of anilines is 2. The molecule has 0 spiro atoms. The Bertz CT molecular complexity index is 706. The minimum absolute atomic E-state index is 0.364. The second kappa shape index (κ2) is 7.64. The van der Waals surface area contributed by atoms with E-state index in [4.69, 9.17) is 4.74 Å². The topological polar surface area (TPSA) is 58.6 Å². The van der Waals surface area contributed by atoms with Crippen LogP contribution in [0, 0.1) is 6.92 Å². The predicted molar refractivity (Wildman–Crippen MR) is 95.5 cm³/mol. The molecule has 126 valence electrons. The third-order valence-corrected chi connectivity index (χ3v) is 3.59. The summed E-state index contributed by atoms with van der Waals surface area (Å²) in [5, 5.41) is 2.73. The van der Waals surface area contributed by atoms with Crippen molar-refractivity contribution in [3.63, 3.8) is 0 Å². The van der Waals surface area contributed by atoms with Gasteiger partial charge in [0.2, 0.25) is 0 Å². The fourth-order valence-electron chi connectivity index (χ4n) is 2.06. The Morgan fingerprint density at radius 2 is 1.58 bits per heavy atom. The highest BCUT2D eigenvalue weighted by Gasteiger charge is 2.19. The Labute approximate surface area is 142 Å². The SMILES string of the molecule is Cc1ccc(NC(=O)C(C)OC(=O)c2ccc(N(C)C)cc2)cc1. The number of ether oxygens (including phenoxy) is 1. The molecule has 2 aromatic rings. The lowest BCUT2D eigenvalue weighted by atomic mass is 10.2. The minimum Gasteiger partial charge on any atom is -0.449 e. The molecule has 5 heteroatoms. The fraction of sp³-hybridized carbons (Fsp3) is 0.263. The van der Waals surface area contributed by atoms with E-state index in [-0.39, 0.29) is 5.91 Å². The monoisotopic (exact) mass is 326 g/mol. The first-order valence-electron chi connectivity index (χ1n) is 7.72. The maximum Gasteiger partial charge on any atom is 0.338 e. The zero-order valence-corrected chi connectivity index (χ0v) is 14.4. The van der Waals surface area contributed by atoms with Crippen LogP contribution in [-0.4, -0.2) is 32.1 Å². The molecule has 5 nitrogen and oxygen atoms in total. The van der Waals surface area contributed by atoms with E-state index in [0.29, 0.717) is 11.3 Å². The summed E-state index contributed by atoms with van der Waals surface area (Å²) < 4.78 is 5.23. The van der Waals surface area contributed by atoms with E-state index >= 15 is 0 Å². The molecule has 0 heterocycles. The minimum atomic E-state index is -0.882. The quantitative estimate of drug-likeness (QED) is 0.857. The smallest absolute Gasteiger partial charge is 0.338 e. The van der Waals surface area contributed by atoms with E-state index < -0.39 is 12.1 Å². The second-order valence-corrected chi connectivity index (χ2v) is 5.84. The van der Waals surface area contributed by atoms with Crippen molar-refractivity contribution in [2.24, 2.45) is 0 Å². The first kappa shape index (κ1) is 17.5. The van der Waals surface area contributed by atoms with Gasteiger partial charge in [-0.3, -0.25) is 4.79 Å². The third kappa shape index (κ3) is 4.59. The predicted octanol–water partition coefficient (Wildman–Crippen LogP) is 3.25. The highest BCUT2D eigenvalue weighted by Crippen LogP contribution is 2.14. The molecule has 24 heavy (non-hydrogen) atoms. The number of carbonyl (C=O) groups is 2. The molecular formula is C19H22N2O3. The number of rotatable bonds is 5. The lowest BCUT2D eigenvalue weighted by Crippen LogP contribution is -2.30. The van der Waals surface area contributed by atoms with Crippen LogP contribution in [0.25, 0.3) is 0 Å². The van der Waals surface area contributed by atoms with Crippen molar-refractivity contribution in [2.45, 2.75) is 20.0 Å². The van der Waals surface area contributed by atoms with Crippen molar-refractivity contribution in [3.05, 3.63) is 59.7 Å². The van der Waals surface area contributed by atoms with Crippen LogP contribution in [0.2, 0.25) is 0 Å². The van der Waals surface area contributed by atoms with Gasteiger partial charge in [0, 0.05) is 25.5 Å². The lowest BCUT2D eigenvalue weighted by Gasteiger charge is -2.15. The summed E-state index contributed by atoms with van der Waals surface area (Å²) in [6.07, 6.45) is -0.882. The number of benzene rings is 2. The summed E-state index contributed by atoms with van der Waals surface area (Å²) in [4.78, 5) is 26.2. The lowest BCUT2D eigenvalue weighted by molar-refractivity contribution is -0.123. The number of carbonyl (C=O) groups excluding carboxylic acids is 2. The van der Waals surface area contributed by atoms with Gasteiger partial charge < -0.3 is 15.0 Å². The van der Waals surface area contributed by atoms with E-state index in [9.17, 15) is 9.59 Å². The van der Waals surface area contributed by atoms with Gasteiger partial charge in [-0.1, -0.05) is 17.7 Å². The van der Waals surface area contributed by atoms with Gasteiger partial charge in [0.1, 0.15) is 0 Å². The molecule has 2 rings (SSSR count). The van der Waals surface area contributed by atoms with Gasteiger partial charge in [0.25, 0.3) is 5.91 Å². The van der Waals surface area contributed by atoms with Crippen LogP contribution in [0.5, 0.6) is 0 Å². The van der Waals surface area contributed by atoms with Crippen LogP contribution in [-0.2, 0) is 9.53 Å². The Kier molecular flexibility index (Phi) is 5.58. The first-order valence-corrected chi connectivity index (χ1v) is 7.72. The molecule has 0 bridgehead atoms. The second-order valence-electron chi connectivity index (χ2n) is 5.84. The number of hydrogen-bond donors (Lipinski definition) is 1. The van der Waals surface area contributed by atoms with Crippen molar-refractivity contribution in [2.75, 3.05) is 24.3 Å². The molecule has 1 amide bonds. The van der Waals surface area contributed by atoms with Crippen molar-refractivity contribution in [3.8, 4) is 0 Å². The Morgan fingerprint density at radius 1 is 1.00 bits per heavy atom. The van der Waals surface area contributed by atoms with Gasteiger partial charge >= 0.3 is 5.97 Å². The van der Waals surface area contributed by atoms with Gasteiger partial charge in [-0.25, -0.2) is 4.79 Å². The van der Waals surface area contributed by atoms with Crippen LogP contribution in [0.1, 0.15) is 22.8 Å².